The number of carbonyl (C=O) groups excluding carboxylic acids is 1. The van der Waals surface area contributed by atoms with Gasteiger partial charge in [-0.3, -0.25) is 0 Å². The van der Waals surface area contributed by atoms with E-state index >= 15 is 0 Å². The van der Waals surface area contributed by atoms with E-state index in [0.717, 1.165) is 0 Å². The Balaban J connectivity index is 3.14. The minimum atomic E-state index is -0.384. The summed E-state index contributed by atoms with van der Waals surface area (Å²) in [5.74, 6) is 0. The second kappa shape index (κ2) is 6.91. The lowest BCUT2D eigenvalue weighted by atomic mass is 10.5. The number of ether oxygens (including phenoxy) is 2. The smallest absolute Gasteiger partial charge is 0.407 e. The van der Waals surface area contributed by atoms with Gasteiger partial charge in [-0.05, 0) is 20.8 Å². The zero-order valence-corrected chi connectivity index (χ0v) is 7.92. The molecular formula is C8H17NO3. The van der Waals surface area contributed by atoms with Gasteiger partial charge in [-0.15, -0.1) is 0 Å². The van der Waals surface area contributed by atoms with Gasteiger partial charge >= 0.3 is 6.09 Å². The van der Waals surface area contributed by atoms with Crippen LogP contribution in [0.2, 0.25) is 0 Å². The van der Waals surface area contributed by atoms with Crippen molar-refractivity contribution < 1.29 is 14.3 Å². The molecule has 0 fully saturated rings. The molecule has 0 spiro atoms. The Labute approximate surface area is 73.2 Å². The third kappa shape index (κ3) is 7.34. The highest BCUT2D eigenvalue weighted by Crippen LogP contribution is 1.85. The third-order valence-corrected chi connectivity index (χ3v) is 1.10. The van der Waals surface area contributed by atoms with Crippen LogP contribution < -0.4 is 5.32 Å². The Morgan fingerprint density at radius 3 is 2.67 bits per heavy atom. The average molecular weight is 175 g/mol. The third-order valence-electron chi connectivity index (χ3n) is 1.10. The molecule has 0 saturated heterocycles. The molecule has 72 valence electrons. The van der Waals surface area contributed by atoms with Crippen LogP contribution in [0, 0.1) is 0 Å². The number of hydrogen-bond acceptors (Lipinski definition) is 3. The fourth-order valence-electron chi connectivity index (χ4n) is 0.630. The van der Waals surface area contributed by atoms with E-state index in [1.54, 1.807) is 6.92 Å². The molecule has 1 amide bonds. The van der Waals surface area contributed by atoms with Crippen molar-refractivity contribution in [1.82, 2.24) is 5.32 Å². The lowest BCUT2D eigenvalue weighted by Gasteiger charge is -2.08. The molecule has 0 unspecified atom stereocenters. The fraction of sp³-hybridized carbons (Fsp3) is 0.875. The monoisotopic (exact) mass is 175 g/mol. The zero-order valence-electron chi connectivity index (χ0n) is 7.92. The molecule has 0 heterocycles. The summed E-state index contributed by atoms with van der Waals surface area (Å²) in [4.78, 5) is 10.7. The molecule has 0 aromatic rings. The Bertz CT molecular complexity index is 125. The van der Waals surface area contributed by atoms with Gasteiger partial charge in [0.1, 0.15) is 0 Å². The molecule has 0 aromatic carbocycles. The molecule has 0 atom stereocenters. The van der Waals surface area contributed by atoms with Crippen LogP contribution in [0.3, 0.4) is 0 Å². The van der Waals surface area contributed by atoms with E-state index in [9.17, 15) is 4.79 Å². The maximum Gasteiger partial charge on any atom is 0.407 e. The van der Waals surface area contributed by atoms with E-state index in [0.29, 0.717) is 19.8 Å². The maximum absolute atomic E-state index is 10.7. The van der Waals surface area contributed by atoms with Gasteiger partial charge < -0.3 is 14.8 Å². The Kier molecular flexibility index (Phi) is 6.47. The second-order valence-corrected chi connectivity index (χ2v) is 2.57. The zero-order chi connectivity index (χ0) is 9.40. The fourth-order valence-corrected chi connectivity index (χ4v) is 0.630. The van der Waals surface area contributed by atoms with Crippen LogP contribution in [0.25, 0.3) is 0 Å². The molecule has 0 aliphatic rings. The van der Waals surface area contributed by atoms with Gasteiger partial charge in [-0.25, -0.2) is 4.79 Å². The van der Waals surface area contributed by atoms with Crippen LogP contribution >= 0.6 is 0 Å². The van der Waals surface area contributed by atoms with Gasteiger partial charge in [0.2, 0.25) is 0 Å². The number of carbonyl (C=O) groups is 1. The van der Waals surface area contributed by atoms with E-state index in [-0.39, 0.29) is 12.2 Å². The first-order valence-electron chi connectivity index (χ1n) is 4.19. The quantitative estimate of drug-likeness (QED) is 0.638. The summed E-state index contributed by atoms with van der Waals surface area (Å²) in [6.45, 7) is 7.09. The van der Waals surface area contributed by atoms with Crippen molar-refractivity contribution in [2.75, 3.05) is 19.8 Å². The van der Waals surface area contributed by atoms with Gasteiger partial charge in [-0.2, -0.15) is 0 Å². The van der Waals surface area contributed by atoms with Gasteiger partial charge in [0, 0.05) is 6.54 Å². The van der Waals surface area contributed by atoms with Gasteiger partial charge in [0.25, 0.3) is 0 Å². The topological polar surface area (TPSA) is 47.6 Å². The molecule has 0 aromatic heterocycles. The van der Waals surface area contributed by atoms with Crippen molar-refractivity contribution in [3.05, 3.63) is 0 Å². The van der Waals surface area contributed by atoms with Crippen molar-refractivity contribution in [3.8, 4) is 0 Å². The highest BCUT2D eigenvalue weighted by Gasteiger charge is 1.98. The number of amides is 1. The lowest BCUT2D eigenvalue weighted by molar-refractivity contribution is 0.0784. The largest absolute Gasteiger partial charge is 0.450 e. The van der Waals surface area contributed by atoms with Crippen LogP contribution in [0.4, 0.5) is 4.79 Å². The van der Waals surface area contributed by atoms with Crippen LogP contribution in [-0.2, 0) is 9.47 Å². The van der Waals surface area contributed by atoms with Crippen LogP contribution in [-0.4, -0.2) is 32.0 Å². The molecule has 0 aliphatic heterocycles. The second-order valence-electron chi connectivity index (χ2n) is 2.57. The van der Waals surface area contributed by atoms with E-state index < -0.39 is 0 Å². The summed E-state index contributed by atoms with van der Waals surface area (Å²) in [6.07, 6.45) is -0.182. The molecular weight excluding hydrogens is 158 g/mol. The number of alkyl carbamates (subject to hydrolysis) is 1. The summed E-state index contributed by atoms with van der Waals surface area (Å²) in [5, 5.41) is 2.55. The summed E-state index contributed by atoms with van der Waals surface area (Å²) >= 11 is 0. The number of rotatable bonds is 5. The SMILES string of the molecule is CCOC(=O)NCCOC(C)C. The summed E-state index contributed by atoms with van der Waals surface area (Å²) < 4.78 is 9.84. The van der Waals surface area contributed by atoms with Crippen molar-refractivity contribution >= 4 is 6.09 Å². The average Bonchev–Trinajstić information content (AvgIpc) is 1.98. The predicted octanol–water partition coefficient (Wildman–Crippen LogP) is 1.16. The Morgan fingerprint density at radius 1 is 1.50 bits per heavy atom. The molecule has 0 saturated carbocycles. The van der Waals surface area contributed by atoms with E-state index in [4.69, 9.17) is 4.74 Å². The van der Waals surface area contributed by atoms with Crippen molar-refractivity contribution in [2.45, 2.75) is 26.9 Å². The molecule has 0 radical (unpaired) electrons. The van der Waals surface area contributed by atoms with Crippen LogP contribution in [0.1, 0.15) is 20.8 Å². The first kappa shape index (κ1) is 11.2. The van der Waals surface area contributed by atoms with Crippen molar-refractivity contribution in [2.24, 2.45) is 0 Å². The molecule has 4 nitrogen and oxygen atoms in total. The van der Waals surface area contributed by atoms with Crippen molar-refractivity contribution in [1.29, 1.82) is 0 Å². The molecule has 0 bridgehead atoms. The van der Waals surface area contributed by atoms with Crippen LogP contribution in [0.15, 0.2) is 0 Å². The Hall–Kier alpha value is -0.770. The predicted molar refractivity (Wildman–Crippen MR) is 46.1 cm³/mol. The Morgan fingerprint density at radius 2 is 2.17 bits per heavy atom. The normalized spacial score (nSPS) is 10.0. The first-order chi connectivity index (χ1) is 5.66. The summed E-state index contributed by atoms with van der Waals surface area (Å²) in [6, 6.07) is 0. The molecule has 0 aliphatic carbocycles. The van der Waals surface area contributed by atoms with Gasteiger partial charge in [-0.1, -0.05) is 0 Å². The molecule has 4 heteroatoms. The number of hydrogen-bond donors (Lipinski definition) is 1. The first-order valence-corrected chi connectivity index (χ1v) is 4.19. The summed E-state index contributed by atoms with van der Waals surface area (Å²) in [7, 11) is 0. The van der Waals surface area contributed by atoms with Crippen molar-refractivity contribution in [3.63, 3.8) is 0 Å². The number of nitrogens with one attached hydrogen (secondary N) is 1. The van der Waals surface area contributed by atoms with Gasteiger partial charge in [0.05, 0.1) is 19.3 Å². The standard InChI is InChI=1S/C8H17NO3/c1-4-11-8(10)9-5-6-12-7(2)3/h7H,4-6H2,1-3H3,(H,9,10). The highest BCUT2D eigenvalue weighted by atomic mass is 16.5. The molecule has 0 rings (SSSR count). The lowest BCUT2D eigenvalue weighted by Crippen LogP contribution is -2.28. The highest BCUT2D eigenvalue weighted by molar-refractivity contribution is 5.66. The van der Waals surface area contributed by atoms with Gasteiger partial charge in [0.15, 0.2) is 0 Å². The van der Waals surface area contributed by atoms with E-state index in [1.165, 1.54) is 0 Å². The van der Waals surface area contributed by atoms with Crippen LogP contribution in [0.5, 0.6) is 0 Å². The molecule has 1 N–H and O–H groups in total. The maximum atomic E-state index is 10.7. The van der Waals surface area contributed by atoms with E-state index in [1.807, 2.05) is 13.8 Å². The minimum Gasteiger partial charge on any atom is -0.450 e. The minimum absolute atomic E-state index is 0.203. The summed E-state index contributed by atoms with van der Waals surface area (Å²) in [5.41, 5.74) is 0. The molecule has 12 heavy (non-hydrogen) atoms. The van der Waals surface area contributed by atoms with E-state index in [2.05, 4.69) is 10.1 Å².